The van der Waals surface area contributed by atoms with Crippen LogP contribution in [-0.4, -0.2) is 21.8 Å². The fourth-order valence-corrected chi connectivity index (χ4v) is 2.67. The Balaban J connectivity index is 2.09. The van der Waals surface area contributed by atoms with Gasteiger partial charge in [-0.15, -0.1) is 11.8 Å². The van der Waals surface area contributed by atoms with Gasteiger partial charge in [-0.2, -0.15) is 5.10 Å². The zero-order valence-electron chi connectivity index (χ0n) is 10.3. The highest BCUT2D eigenvalue weighted by molar-refractivity contribution is 7.98. The number of anilines is 1. The summed E-state index contributed by atoms with van der Waals surface area (Å²) in [5, 5.41) is 8.61. The van der Waals surface area contributed by atoms with Crippen molar-refractivity contribution in [1.82, 2.24) is 14.8 Å². The molecule has 2 aromatic heterocycles. The van der Waals surface area contributed by atoms with E-state index in [1.807, 2.05) is 31.8 Å². The lowest BCUT2D eigenvalue weighted by molar-refractivity contribution is 0.692. The lowest BCUT2D eigenvalue weighted by Crippen LogP contribution is -1.97. The smallest absolute Gasteiger partial charge is 0.129 e. The molecule has 0 saturated carbocycles. The van der Waals surface area contributed by atoms with Crippen LogP contribution in [0.25, 0.3) is 0 Å². The number of pyridine rings is 1. The van der Waals surface area contributed by atoms with Crippen molar-refractivity contribution in [3.63, 3.8) is 0 Å². The molecule has 5 heteroatoms. The summed E-state index contributed by atoms with van der Waals surface area (Å²) in [6.45, 7) is 2.01. The molecule has 0 aliphatic heterocycles. The molecule has 2 heterocycles. The molecule has 17 heavy (non-hydrogen) atoms. The maximum absolute atomic E-state index is 4.33. The Kier molecular flexibility index (Phi) is 3.68. The molecule has 0 spiro atoms. The molecule has 0 amide bonds. The van der Waals surface area contributed by atoms with Gasteiger partial charge in [0.05, 0.1) is 10.7 Å². The van der Waals surface area contributed by atoms with E-state index in [0.29, 0.717) is 0 Å². The Morgan fingerprint density at radius 1 is 1.47 bits per heavy atom. The van der Waals surface area contributed by atoms with Gasteiger partial charge in [-0.1, -0.05) is 6.07 Å². The maximum Gasteiger partial charge on any atom is 0.129 e. The minimum absolute atomic E-state index is 0.892. The van der Waals surface area contributed by atoms with Crippen molar-refractivity contribution in [3.8, 4) is 0 Å². The number of aromatic nitrogens is 3. The summed E-state index contributed by atoms with van der Waals surface area (Å²) in [5.41, 5.74) is 2.26. The predicted octanol–water partition coefficient (Wildman–Crippen LogP) is 2.46. The Hall–Kier alpha value is -1.49. The number of nitrogens with one attached hydrogen (secondary N) is 1. The van der Waals surface area contributed by atoms with Gasteiger partial charge in [0.1, 0.15) is 5.82 Å². The molecule has 0 aliphatic carbocycles. The van der Waals surface area contributed by atoms with Crippen molar-refractivity contribution in [2.75, 3.05) is 12.4 Å². The first-order valence-corrected chi connectivity index (χ1v) is 6.44. The number of rotatable bonds is 4. The minimum atomic E-state index is 0.892. The number of nitrogens with zero attached hydrogens (tertiary/aromatic N) is 3. The lowest BCUT2D eigenvalue weighted by Gasteiger charge is -2.07. The number of hydrogen-bond donors (Lipinski definition) is 1. The third kappa shape index (κ3) is 2.79. The molecule has 0 unspecified atom stereocenters. The van der Waals surface area contributed by atoms with E-state index in [2.05, 4.69) is 27.5 Å². The number of aryl methyl sites for hydroxylation is 2. The second-order valence-electron chi connectivity index (χ2n) is 3.80. The first-order chi connectivity index (χ1) is 8.20. The molecule has 4 nitrogen and oxygen atoms in total. The van der Waals surface area contributed by atoms with Gasteiger partial charge in [-0.25, -0.2) is 4.98 Å². The first-order valence-electron chi connectivity index (χ1n) is 5.46. The normalized spacial score (nSPS) is 10.5. The molecule has 2 aromatic rings. The van der Waals surface area contributed by atoms with E-state index in [9.17, 15) is 0 Å². The zero-order chi connectivity index (χ0) is 12.3. The second-order valence-corrected chi connectivity index (χ2v) is 4.79. The summed E-state index contributed by atoms with van der Waals surface area (Å²) < 4.78 is 1.91. The molecule has 0 saturated heterocycles. The largest absolute Gasteiger partial charge is 0.373 e. The van der Waals surface area contributed by atoms with Gasteiger partial charge in [0.25, 0.3) is 0 Å². The molecule has 2 rings (SSSR count). The van der Waals surface area contributed by atoms with E-state index in [1.165, 1.54) is 10.6 Å². The Bertz CT molecular complexity index is 507. The van der Waals surface area contributed by atoms with E-state index < -0.39 is 0 Å². The molecule has 0 bridgehead atoms. The van der Waals surface area contributed by atoms with Crippen molar-refractivity contribution >= 4 is 17.6 Å². The number of hydrogen-bond acceptors (Lipinski definition) is 4. The van der Waals surface area contributed by atoms with Gasteiger partial charge < -0.3 is 5.32 Å². The molecule has 0 aromatic carbocycles. The van der Waals surface area contributed by atoms with Gasteiger partial charge in [0.2, 0.25) is 0 Å². The predicted molar refractivity (Wildman–Crippen MR) is 71.3 cm³/mol. The van der Waals surface area contributed by atoms with Crippen molar-refractivity contribution < 1.29 is 0 Å². The highest BCUT2D eigenvalue weighted by Gasteiger charge is 2.06. The lowest BCUT2D eigenvalue weighted by atomic mass is 10.3. The maximum atomic E-state index is 4.33. The highest BCUT2D eigenvalue weighted by Crippen LogP contribution is 2.25. The van der Waals surface area contributed by atoms with Crippen LogP contribution >= 0.6 is 11.8 Å². The van der Waals surface area contributed by atoms with Crippen LogP contribution in [-0.2, 0) is 12.8 Å². The molecule has 0 fully saturated rings. The van der Waals surface area contributed by atoms with Crippen LogP contribution in [0.1, 0.15) is 11.3 Å². The zero-order valence-corrected chi connectivity index (χ0v) is 11.1. The van der Waals surface area contributed by atoms with Crippen molar-refractivity contribution in [3.05, 3.63) is 35.7 Å². The topological polar surface area (TPSA) is 42.7 Å². The molecule has 0 aliphatic rings. The van der Waals surface area contributed by atoms with Crippen LogP contribution in [0.2, 0.25) is 0 Å². The molecular weight excluding hydrogens is 232 g/mol. The van der Waals surface area contributed by atoms with E-state index in [1.54, 1.807) is 18.0 Å². The Morgan fingerprint density at radius 2 is 2.29 bits per heavy atom. The standard InChI is InChI=1S/C12H16N4S/c1-9-7-11(16(3)15-9)17-8-10-5-4-6-14-12(10)13-2/h4-7H,8H2,1-3H3,(H,13,14). The van der Waals surface area contributed by atoms with Gasteiger partial charge in [0.15, 0.2) is 0 Å². The third-order valence-electron chi connectivity index (χ3n) is 2.46. The van der Waals surface area contributed by atoms with Gasteiger partial charge >= 0.3 is 0 Å². The summed E-state index contributed by atoms with van der Waals surface area (Å²) in [5.74, 6) is 1.84. The molecule has 1 N–H and O–H groups in total. The van der Waals surface area contributed by atoms with E-state index >= 15 is 0 Å². The van der Waals surface area contributed by atoms with Crippen LogP contribution in [0.5, 0.6) is 0 Å². The quantitative estimate of drug-likeness (QED) is 0.844. The number of thioether (sulfide) groups is 1. The highest BCUT2D eigenvalue weighted by atomic mass is 32.2. The first kappa shape index (κ1) is 12.0. The van der Waals surface area contributed by atoms with Crippen LogP contribution in [0.3, 0.4) is 0 Å². The fourth-order valence-electron chi connectivity index (χ4n) is 1.65. The van der Waals surface area contributed by atoms with Gasteiger partial charge in [-0.3, -0.25) is 4.68 Å². The third-order valence-corrected chi connectivity index (χ3v) is 3.60. The summed E-state index contributed by atoms with van der Waals surface area (Å²) in [4.78, 5) is 4.29. The van der Waals surface area contributed by atoms with E-state index in [0.717, 1.165) is 17.3 Å². The monoisotopic (exact) mass is 248 g/mol. The minimum Gasteiger partial charge on any atom is -0.373 e. The summed E-state index contributed by atoms with van der Waals surface area (Å²) >= 11 is 1.77. The average molecular weight is 248 g/mol. The molecule has 0 atom stereocenters. The van der Waals surface area contributed by atoms with E-state index in [-0.39, 0.29) is 0 Å². The summed E-state index contributed by atoms with van der Waals surface area (Å²) in [6.07, 6.45) is 1.80. The Labute approximate surface area is 105 Å². The van der Waals surface area contributed by atoms with Crippen LogP contribution in [0.15, 0.2) is 29.4 Å². The second kappa shape index (κ2) is 5.23. The summed E-state index contributed by atoms with van der Waals surface area (Å²) in [6, 6.07) is 6.15. The Morgan fingerprint density at radius 3 is 2.94 bits per heavy atom. The van der Waals surface area contributed by atoms with Gasteiger partial charge in [0, 0.05) is 31.6 Å². The molecule has 90 valence electrons. The molecule has 0 radical (unpaired) electrons. The van der Waals surface area contributed by atoms with E-state index in [4.69, 9.17) is 0 Å². The van der Waals surface area contributed by atoms with Crippen molar-refractivity contribution in [2.45, 2.75) is 17.7 Å². The van der Waals surface area contributed by atoms with Crippen molar-refractivity contribution in [2.24, 2.45) is 7.05 Å². The van der Waals surface area contributed by atoms with Gasteiger partial charge in [-0.05, 0) is 19.1 Å². The SMILES string of the molecule is CNc1ncccc1CSc1cc(C)nn1C. The van der Waals surface area contributed by atoms with Crippen LogP contribution in [0.4, 0.5) is 5.82 Å². The van der Waals surface area contributed by atoms with Crippen LogP contribution in [0, 0.1) is 6.92 Å². The van der Waals surface area contributed by atoms with Crippen LogP contribution < -0.4 is 5.32 Å². The average Bonchev–Trinajstić information content (AvgIpc) is 2.65. The van der Waals surface area contributed by atoms with Crippen molar-refractivity contribution in [1.29, 1.82) is 0 Å². The summed E-state index contributed by atoms with van der Waals surface area (Å²) in [7, 11) is 3.86. The molecular formula is C12H16N4S. The fraction of sp³-hybridized carbons (Fsp3) is 0.333.